The van der Waals surface area contributed by atoms with E-state index in [1.807, 2.05) is 41.3 Å². The number of amides is 1. The Morgan fingerprint density at radius 1 is 1.10 bits per heavy atom. The van der Waals surface area contributed by atoms with Gasteiger partial charge in [0, 0.05) is 37.8 Å². The summed E-state index contributed by atoms with van der Waals surface area (Å²) in [6.07, 6.45) is 4.47. The van der Waals surface area contributed by atoms with E-state index >= 15 is 0 Å². The first-order valence-corrected chi connectivity index (χ1v) is 10.6. The minimum absolute atomic E-state index is 0.0226. The fraction of sp³-hybridized carbons (Fsp3) is 0.458. The Bertz CT molecular complexity index is 808. The van der Waals surface area contributed by atoms with Crippen molar-refractivity contribution in [3.8, 4) is 0 Å². The summed E-state index contributed by atoms with van der Waals surface area (Å²) in [5, 5.41) is 0. The van der Waals surface area contributed by atoms with E-state index in [4.69, 9.17) is 4.74 Å². The number of benzene rings is 2. The molecule has 2 aromatic carbocycles. The lowest BCUT2D eigenvalue weighted by Gasteiger charge is -2.38. The van der Waals surface area contributed by atoms with Gasteiger partial charge in [-0.1, -0.05) is 43.2 Å². The van der Waals surface area contributed by atoms with Crippen LogP contribution in [0.1, 0.15) is 41.6 Å². The van der Waals surface area contributed by atoms with Gasteiger partial charge in [0.2, 0.25) is 0 Å². The van der Waals surface area contributed by atoms with Crippen molar-refractivity contribution >= 4 is 5.91 Å². The van der Waals surface area contributed by atoms with Crippen LogP contribution in [0, 0.1) is 5.82 Å². The second kappa shape index (κ2) is 9.51. The molecule has 0 aromatic heterocycles. The first-order chi connectivity index (χ1) is 14.2. The molecule has 0 radical (unpaired) electrons. The van der Waals surface area contributed by atoms with E-state index in [9.17, 15) is 9.18 Å². The molecule has 4 rings (SSSR count). The van der Waals surface area contributed by atoms with Crippen LogP contribution in [0.5, 0.6) is 0 Å². The van der Waals surface area contributed by atoms with Crippen molar-refractivity contribution < 1.29 is 13.9 Å². The predicted molar refractivity (Wildman–Crippen MR) is 111 cm³/mol. The second-order valence-corrected chi connectivity index (χ2v) is 8.12. The molecule has 0 N–H and O–H groups in total. The highest BCUT2D eigenvalue weighted by Gasteiger charge is 2.31. The van der Waals surface area contributed by atoms with Gasteiger partial charge < -0.3 is 9.64 Å². The van der Waals surface area contributed by atoms with Crippen LogP contribution in [0.4, 0.5) is 4.39 Å². The monoisotopic (exact) mass is 396 g/mol. The molecule has 4 nitrogen and oxygen atoms in total. The Hall–Kier alpha value is -2.24. The first kappa shape index (κ1) is 20.0. The van der Waals surface area contributed by atoms with Crippen LogP contribution in [0.15, 0.2) is 54.6 Å². The van der Waals surface area contributed by atoms with Crippen molar-refractivity contribution in [1.82, 2.24) is 9.80 Å². The predicted octanol–water partition coefficient (Wildman–Crippen LogP) is 4.11. The third-order valence-corrected chi connectivity index (χ3v) is 5.97. The minimum Gasteiger partial charge on any atom is -0.374 e. The number of rotatable bonds is 6. The Kier molecular flexibility index (Phi) is 6.57. The summed E-state index contributed by atoms with van der Waals surface area (Å²) in [6, 6.07) is 16.6. The fourth-order valence-electron chi connectivity index (χ4n) is 4.51. The topological polar surface area (TPSA) is 32.8 Å². The lowest BCUT2D eigenvalue weighted by atomic mass is 10.1. The van der Waals surface area contributed by atoms with Crippen LogP contribution in [-0.4, -0.2) is 54.1 Å². The number of hydrogen-bond acceptors (Lipinski definition) is 3. The van der Waals surface area contributed by atoms with E-state index in [2.05, 4.69) is 4.90 Å². The summed E-state index contributed by atoms with van der Waals surface area (Å²) in [5.74, 6) is -0.100. The molecule has 2 fully saturated rings. The molecule has 0 bridgehead atoms. The Balaban J connectivity index is 1.43. The smallest absolute Gasteiger partial charge is 0.254 e. The van der Waals surface area contributed by atoms with Crippen LogP contribution in [0.3, 0.4) is 0 Å². The number of halogens is 1. The van der Waals surface area contributed by atoms with Crippen molar-refractivity contribution in [3.05, 3.63) is 71.5 Å². The van der Waals surface area contributed by atoms with Crippen LogP contribution in [0.2, 0.25) is 0 Å². The standard InChI is InChI=1S/C24H29FN2O2/c25-21-10-6-7-19(15-21)16-26-13-14-29-23(17-26)18-27(22-11-4-5-12-22)24(28)20-8-2-1-3-9-20/h1-3,6-10,15,22-23H,4-5,11-14,16-18H2. The molecule has 29 heavy (non-hydrogen) atoms. The summed E-state index contributed by atoms with van der Waals surface area (Å²) >= 11 is 0. The van der Waals surface area contributed by atoms with Gasteiger partial charge in [0.25, 0.3) is 5.91 Å². The normalized spacial score (nSPS) is 20.7. The number of carbonyl (C=O) groups is 1. The minimum atomic E-state index is -0.201. The van der Waals surface area contributed by atoms with Crippen molar-refractivity contribution in [1.29, 1.82) is 0 Å². The number of nitrogens with zero attached hydrogens (tertiary/aromatic N) is 2. The Morgan fingerprint density at radius 3 is 2.66 bits per heavy atom. The molecular formula is C24H29FN2O2. The molecule has 5 heteroatoms. The van der Waals surface area contributed by atoms with E-state index in [1.54, 1.807) is 12.1 Å². The lowest BCUT2D eigenvalue weighted by molar-refractivity contribution is -0.0468. The van der Waals surface area contributed by atoms with Gasteiger partial charge in [0.1, 0.15) is 5.82 Å². The number of carbonyl (C=O) groups excluding carboxylic acids is 1. The molecule has 1 heterocycles. The summed E-state index contributed by atoms with van der Waals surface area (Å²) in [6.45, 7) is 3.52. The Morgan fingerprint density at radius 2 is 1.90 bits per heavy atom. The average molecular weight is 397 g/mol. The zero-order valence-electron chi connectivity index (χ0n) is 16.8. The highest BCUT2D eigenvalue weighted by atomic mass is 19.1. The molecule has 1 atom stereocenters. The van der Waals surface area contributed by atoms with Crippen LogP contribution in [0.25, 0.3) is 0 Å². The maximum Gasteiger partial charge on any atom is 0.254 e. The van der Waals surface area contributed by atoms with E-state index in [-0.39, 0.29) is 17.8 Å². The molecule has 154 valence electrons. The van der Waals surface area contributed by atoms with E-state index in [0.717, 1.165) is 37.1 Å². The van der Waals surface area contributed by atoms with Gasteiger partial charge in [-0.15, -0.1) is 0 Å². The lowest BCUT2D eigenvalue weighted by Crippen LogP contribution is -2.50. The van der Waals surface area contributed by atoms with Crippen LogP contribution >= 0.6 is 0 Å². The van der Waals surface area contributed by atoms with Gasteiger partial charge in [-0.3, -0.25) is 9.69 Å². The Labute approximate surface area is 172 Å². The number of ether oxygens (including phenoxy) is 1. The van der Waals surface area contributed by atoms with E-state index < -0.39 is 0 Å². The van der Waals surface area contributed by atoms with Gasteiger partial charge >= 0.3 is 0 Å². The third kappa shape index (κ3) is 5.22. The molecule has 1 aliphatic carbocycles. The molecule has 0 spiro atoms. The summed E-state index contributed by atoms with van der Waals surface area (Å²) in [4.78, 5) is 17.6. The highest BCUT2D eigenvalue weighted by molar-refractivity contribution is 5.94. The third-order valence-electron chi connectivity index (χ3n) is 5.97. The molecule has 2 aromatic rings. The largest absolute Gasteiger partial charge is 0.374 e. The molecule has 1 amide bonds. The van der Waals surface area contributed by atoms with E-state index in [1.165, 1.54) is 18.9 Å². The first-order valence-electron chi connectivity index (χ1n) is 10.6. The van der Waals surface area contributed by atoms with Crippen molar-refractivity contribution in [2.45, 2.75) is 44.4 Å². The van der Waals surface area contributed by atoms with Gasteiger partial charge in [-0.2, -0.15) is 0 Å². The van der Waals surface area contributed by atoms with Gasteiger partial charge in [0.15, 0.2) is 0 Å². The zero-order chi connectivity index (χ0) is 20.1. The maximum atomic E-state index is 13.5. The molecule has 1 saturated heterocycles. The van der Waals surface area contributed by atoms with Crippen molar-refractivity contribution in [3.63, 3.8) is 0 Å². The van der Waals surface area contributed by atoms with Crippen LogP contribution in [-0.2, 0) is 11.3 Å². The van der Waals surface area contributed by atoms with Gasteiger partial charge in [0.05, 0.1) is 12.7 Å². The maximum absolute atomic E-state index is 13.5. The summed E-state index contributed by atoms with van der Waals surface area (Å²) < 4.78 is 19.5. The van der Waals surface area contributed by atoms with E-state index in [0.29, 0.717) is 25.7 Å². The van der Waals surface area contributed by atoms with Gasteiger partial charge in [-0.25, -0.2) is 4.39 Å². The van der Waals surface area contributed by atoms with Crippen molar-refractivity contribution in [2.75, 3.05) is 26.2 Å². The zero-order valence-corrected chi connectivity index (χ0v) is 16.8. The number of morpholine rings is 1. The highest BCUT2D eigenvalue weighted by Crippen LogP contribution is 2.26. The SMILES string of the molecule is O=C(c1ccccc1)N(CC1CN(Cc2cccc(F)c2)CCO1)C1CCCC1. The molecular weight excluding hydrogens is 367 g/mol. The molecule has 2 aliphatic rings. The second-order valence-electron chi connectivity index (χ2n) is 8.12. The fourth-order valence-corrected chi connectivity index (χ4v) is 4.51. The summed E-state index contributed by atoms with van der Waals surface area (Å²) in [5.41, 5.74) is 1.71. The molecule has 1 saturated carbocycles. The molecule has 1 unspecified atom stereocenters. The van der Waals surface area contributed by atoms with Crippen molar-refractivity contribution in [2.24, 2.45) is 0 Å². The van der Waals surface area contributed by atoms with Gasteiger partial charge in [-0.05, 0) is 42.7 Å². The average Bonchev–Trinajstić information content (AvgIpc) is 3.27. The molecule has 1 aliphatic heterocycles. The van der Waals surface area contributed by atoms with Crippen LogP contribution < -0.4 is 0 Å². The summed E-state index contributed by atoms with van der Waals surface area (Å²) in [7, 11) is 0. The quantitative estimate of drug-likeness (QED) is 0.737. The number of hydrogen-bond donors (Lipinski definition) is 0.